The van der Waals surface area contributed by atoms with Crippen LogP contribution in [0.4, 0.5) is 0 Å². The summed E-state index contributed by atoms with van der Waals surface area (Å²) in [7, 11) is 0. The molecule has 4 unspecified atom stereocenters. The molecule has 1 saturated carbocycles. The van der Waals surface area contributed by atoms with Crippen LogP contribution in [-0.2, 0) is 4.74 Å². The van der Waals surface area contributed by atoms with Gasteiger partial charge in [-0.15, -0.1) is 0 Å². The van der Waals surface area contributed by atoms with Gasteiger partial charge in [0.15, 0.2) is 0 Å². The topological polar surface area (TPSA) is 33.6 Å². The van der Waals surface area contributed by atoms with E-state index in [-0.39, 0.29) is 0 Å². The van der Waals surface area contributed by atoms with Crippen LogP contribution in [0.25, 0.3) is 0 Å². The Morgan fingerprint density at radius 3 is 2.50 bits per heavy atom. The molecule has 2 aliphatic rings. The molecule has 0 amide bonds. The van der Waals surface area contributed by atoms with Gasteiger partial charge in [0.1, 0.15) is 0 Å². The predicted octanol–water partition coefficient (Wildman–Crippen LogP) is 7.37. The molecule has 0 aromatic carbocycles. The quantitative estimate of drug-likeness (QED) is 0.374. The van der Waals surface area contributed by atoms with E-state index in [1.165, 1.54) is 94.9 Å². The molecule has 0 aromatic rings. The minimum Gasteiger partial charge on any atom is -0.375 e. The second-order valence-corrected chi connectivity index (χ2v) is 9.15. The van der Waals surface area contributed by atoms with Crippen LogP contribution in [0.5, 0.6) is 0 Å². The number of nitrogens with one attached hydrogen (secondary N) is 1. The Kier molecular flexibility index (Phi) is 10.6. The molecule has 0 aromatic heterocycles. The number of hydrogen-bond donors (Lipinski definition) is 1. The lowest BCUT2D eigenvalue weighted by Gasteiger charge is -2.35. The largest absolute Gasteiger partial charge is 0.375 e. The highest BCUT2D eigenvalue weighted by Gasteiger charge is 2.31. The van der Waals surface area contributed by atoms with Gasteiger partial charge in [0.25, 0.3) is 0 Å². The Hall–Kier alpha value is -0.830. The Bertz CT molecular complexity index is 511. The molecule has 4 atom stereocenters. The van der Waals surface area contributed by atoms with Crippen LogP contribution < -0.4 is 5.43 Å². The highest BCUT2D eigenvalue weighted by atomic mass is 16.5. The molecule has 162 valence electrons. The zero-order valence-corrected chi connectivity index (χ0v) is 19.4. The molecule has 0 bridgehead atoms. The number of hydrogen-bond acceptors (Lipinski definition) is 3. The van der Waals surface area contributed by atoms with Crippen LogP contribution in [0, 0.1) is 11.8 Å². The van der Waals surface area contributed by atoms with Gasteiger partial charge in [0.2, 0.25) is 0 Å². The van der Waals surface area contributed by atoms with Gasteiger partial charge in [-0.2, -0.15) is 5.10 Å². The number of hydrazone groups is 1. The molecule has 0 radical (unpaired) electrons. The third-order valence-corrected chi connectivity index (χ3v) is 6.88. The van der Waals surface area contributed by atoms with Crippen molar-refractivity contribution in [2.75, 3.05) is 0 Å². The van der Waals surface area contributed by atoms with E-state index < -0.39 is 0 Å². The first-order chi connectivity index (χ1) is 13.6. The van der Waals surface area contributed by atoms with Crippen LogP contribution in [0.15, 0.2) is 16.4 Å². The fraction of sp³-hybridized carbons (Fsp3) is 0.880. The van der Waals surface area contributed by atoms with Crippen molar-refractivity contribution < 1.29 is 4.74 Å². The van der Waals surface area contributed by atoms with Crippen molar-refractivity contribution in [3.05, 3.63) is 11.3 Å². The van der Waals surface area contributed by atoms with E-state index >= 15 is 0 Å². The molecule has 1 N–H and O–H groups in total. The van der Waals surface area contributed by atoms with Crippen molar-refractivity contribution >= 4 is 5.71 Å². The van der Waals surface area contributed by atoms with Crippen LogP contribution in [0.3, 0.4) is 0 Å². The molecule has 1 aliphatic carbocycles. The van der Waals surface area contributed by atoms with Gasteiger partial charge in [0, 0.05) is 17.3 Å². The van der Waals surface area contributed by atoms with Crippen molar-refractivity contribution in [3.63, 3.8) is 0 Å². The van der Waals surface area contributed by atoms with E-state index in [0.717, 1.165) is 0 Å². The number of rotatable bonds is 11. The molecule has 2 rings (SSSR count). The lowest BCUT2D eigenvalue weighted by Crippen LogP contribution is -2.34. The van der Waals surface area contributed by atoms with Gasteiger partial charge < -0.3 is 4.74 Å². The number of ether oxygens (including phenoxy) is 1. The molecule has 0 spiro atoms. The SMILES string of the molecule is CCCCCC(CCCC)OC1CCCC2C(C(C)CC)=NNC(C)=C2CC1. The van der Waals surface area contributed by atoms with Crippen molar-refractivity contribution in [2.45, 2.75) is 130 Å². The maximum absolute atomic E-state index is 6.71. The first kappa shape index (κ1) is 23.4. The smallest absolute Gasteiger partial charge is 0.0582 e. The van der Waals surface area contributed by atoms with E-state index in [1.807, 2.05) is 0 Å². The summed E-state index contributed by atoms with van der Waals surface area (Å²) in [4.78, 5) is 0. The minimum atomic E-state index is 0.440. The van der Waals surface area contributed by atoms with Crippen molar-refractivity contribution in [1.82, 2.24) is 5.43 Å². The van der Waals surface area contributed by atoms with Gasteiger partial charge in [-0.25, -0.2) is 0 Å². The molecule has 3 nitrogen and oxygen atoms in total. The van der Waals surface area contributed by atoms with Crippen LogP contribution in [0.1, 0.15) is 118 Å². The average Bonchev–Trinajstić information content (AvgIpc) is 2.68. The summed E-state index contributed by atoms with van der Waals surface area (Å²) >= 11 is 0. The van der Waals surface area contributed by atoms with Crippen LogP contribution in [0.2, 0.25) is 0 Å². The molecule has 0 saturated heterocycles. The third-order valence-electron chi connectivity index (χ3n) is 6.88. The molecular formula is C25H46N2O. The molecule has 1 fully saturated rings. The Morgan fingerprint density at radius 2 is 1.79 bits per heavy atom. The predicted molar refractivity (Wildman–Crippen MR) is 122 cm³/mol. The number of allylic oxidation sites excluding steroid dienone is 2. The van der Waals surface area contributed by atoms with Gasteiger partial charge in [-0.3, -0.25) is 5.43 Å². The average molecular weight is 391 g/mol. The first-order valence-corrected chi connectivity index (χ1v) is 12.3. The minimum absolute atomic E-state index is 0.440. The van der Waals surface area contributed by atoms with Crippen molar-refractivity contribution in [3.8, 4) is 0 Å². The maximum Gasteiger partial charge on any atom is 0.0582 e. The van der Waals surface area contributed by atoms with E-state index in [2.05, 4.69) is 40.0 Å². The van der Waals surface area contributed by atoms with Gasteiger partial charge in [-0.05, 0) is 69.8 Å². The molecule has 3 heteroatoms. The third kappa shape index (κ3) is 6.90. The number of nitrogens with zero attached hydrogens (tertiary/aromatic N) is 1. The molecule has 28 heavy (non-hydrogen) atoms. The fourth-order valence-corrected chi connectivity index (χ4v) is 4.84. The second-order valence-electron chi connectivity index (χ2n) is 9.15. The summed E-state index contributed by atoms with van der Waals surface area (Å²) in [5.41, 5.74) is 7.63. The Labute approximate surface area is 174 Å². The van der Waals surface area contributed by atoms with Crippen molar-refractivity contribution in [2.24, 2.45) is 16.9 Å². The molecule has 1 aliphatic heterocycles. The zero-order chi connectivity index (χ0) is 20.4. The van der Waals surface area contributed by atoms with E-state index in [1.54, 1.807) is 5.57 Å². The first-order valence-electron chi connectivity index (χ1n) is 12.3. The second kappa shape index (κ2) is 12.7. The molecular weight excluding hydrogens is 344 g/mol. The van der Waals surface area contributed by atoms with Crippen LogP contribution in [-0.4, -0.2) is 17.9 Å². The van der Waals surface area contributed by atoms with E-state index in [4.69, 9.17) is 9.84 Å². The van der Waals surface area contributed by atoms with Gasteiger partial charge in [-0.1, -0.05) is 59.8 Å². The fourth-order valence-electron chi connectivity index (χ4n) is 4.84. The normalized spacial score (nSPS) is 25.2. The standard InChI is InChI=1S/C25H46N2O/c1-6-9-11-14-21(13-10-7-2)28-22-15-12-16-24-23(18-17-22)20(5)26-27-25(24)19(4)8-3/h19,21-22,24,26H,6-18H2,1-5H3. The number of fused-ring (bicyclic) bond motifs is 1. The summed E-state index contributed by atoms with van der Waals surface area (Å²) in [5, 5.41) is 4.76. The molecule has 1 heterocycles. The van der Waals surface area contributed by atoms with Gasteiger partial charge >= 0.3 is 0 Å². The lowest BCUT2D eigenvalue weighted by molar-refractivity contribution is -0.0325. The maximum atomic E-state index is 6.71. The summed E-state index contributed by atoms with van der Waals surface area (Å²) in [5.74, 6) is 1.14. The van der Waals surface area contributed by atoms with Gasteiger partial charge in [0.05, 0.1) is 12.2 Å². The summed E-state index contributed by atoms with van der Waals surface area (Å²) < 4.78 is 6.71. The number of unbranched alkanes of at least 4 members (excludes halogenated alkanes) is 3. The zero-order valence-electron chi connectivity index (χ0n) is 19.4. The van der Waals surface area contributed by atoms with E-state index in [9.17, 15) is 0 Å². The highest BCUT2D eigenvalue weighted by Crippen LogP contribution is 2.36. The summed E-state index contributed by atoms with van der Waals surface area (Å²) in [6.07, 6.45) is 17.2. The lowest BCUT2D eigenvalue weighted by atomic mass is 9.77. The van der Waals surface area contributed by atoms with Crippen LogP contribution >= 0.6 is 0 Å². The summed E-state index contributed by atoms with van der Waals surface area (Å²) in [6, 6.07) is 0. The monoisotopic (exact) mass is 390 g/mol. The highest BCUT2D eigenvalue weighted by molar-refractivity contribution is 5.91. The Balaban J connectivity index is 1.97. The van der Waals surface area contributed by atoms with E-state index in [0.29, 0.717) is 24.0 Å². The summed E-state index contributed by atoms with van der Waals surface area (Å²) in [6.45, 7) is 11.4. The van der Waals surface area contributed by atoms with Crippen molar-refractivity contribution in [1.29, 1.82) is 0 Å². The Morgan fingerprint density at radius 1 is 1.04 bits per heavy atom.